The van der Waals surface area contributed by atoms with Gasteiger partial charge in [-0.15, -0.1) is 11.3 Å². The highest BCUT2D eigenvalue weighted by Crippen LogP contribution is 2.37. The molecule has 1 fully saturated rings. The fraction of sp³-hybridized carbons (Fsp3) is 0.389. The lowest BCUT2D eigenvalue weighted by molar-refractivity contribution is 0.00578. The first-order valence-corrected chi connectivity index (χ1v) is 9.19. The molecule has 0 saturated carbocycles. The highest BCUT2D eigenvalue weighted by molar-refractivity contribution is 7.15. The Labute approximate surface area is 163 Å². The van der Waals surface area contributed by atoms with E-state index in [4.69, 9.17) is 9.31 Å². The van der Waals surface area contributed by atoms with Crippen molar-refractivity contribution in [3.8, 4) is 0 Å². The van der Waals surface area contributed by atoms with Crippen molar-refractivity contribution < 1.29 is 31.3 Å². The molecule has 1 aliphatic heterocycles. The first kappa shape index (κ1) is 20.9. The Morgan fingerprint density at radius 2 is 1.36 bits per heavy atom. The standard InChI is InChI=1S/C18H17BF5NO2S/c1-8-6-9(19-26-17(2,3)18(4,5)27-19)10(28-8)7-25-16-14(23)12(21)11(20)13(22)15(16)24/h6-7H,1-5H3. The molecule has 0 spiro atoms. The van der Waals surface area contributed by atoms with Crippen LogP contribution in [0.5, 0.6) is 0 Å². The molecule has 0 N–H and O–H groups in total. The van der Waals surface area contributed by atoms with Gasteiger partial charge in [0.05, 0.1) is 11.2 Å². The third-order valence-electron chi connectivity index (χ3n) is 4.92. The van der Waals surface area contributed by atoms with Gasteiger partial charge in [-0.25, -0.2) is 26.9 Å². The van der Waals surface area contributed by atoms with Crippen molar-refractivity contribution in [1.82, 2.24) is 0 Å². The van der Waals surface area contributed by atoms with E-state index < -0.39 is 53.1 Å². The van der Waals surface area contributed by atoms with Crippen LogP contribution in [0.2, 0.25) is 0 Å². The first-order valence-electron chi connectivity index (χ1n) is 8.37. The van der Waals surface area contributed by atoms with E-state index in [1.807, 2.05) is 27.7 Å². The van der Waals surface area contributed by atoms with Crippen LogP contribution in [0.25, 0.3) is 0 Å². The van der Waals surface area contributed by atoms with E-state index in [0.717, 1.165) is 11.1 Å². The lowest BCUT2D eigenvalue weighted by atomic mass is 9.79. The molecule has 150 valence electrons. The molecule has 0 amide bonds. The molecule has 1 aromatic carbocycles. The minimum atomic E-state index is -2.22. The quantitative estimate of drug-likeness (QED) is 0.236. The molecule has 1 aliphatic rings. The minimum Gasteiger partial charge on any atom is -0.399 e. The topological polar surface area (TPSA) is 30.8 Å². The summed E-state index contributed by atoms with van der Waals surface area (Å²) in [7, 11) is -0.757. The van der Waals surface area contributed by atoms with Gasteiger partial charge in [-0.3, -0.25) is 0 Å². The maximum Gasteiger partial charge on any atom is 0.496 e. The van der Waals surface area contributed by atoms with E-state index in [2.05, 4.69) is 4.99 Å². The summed E-state index contributed by atoms with van der Waals surface area (Å²) in [5.41, 5.74) is -1.90. The van der Waals surface area contributed by atoms with Crippen LogP contribution < -0.4 is 5.46 Å². The molecule has 0 radical (unpaired) electrons. The Balaban J connectivity index is 2.01. The van der Waals surface area contributed by atoms with Gasteiger partial charge < -0.3 is 9.31 Å². The predicted octanol–water partition coefficient (Wildman–Crippen LogP) is 4.80. The second kappa shape index (κ2) is 6.93. The molecule has 0 aliphatic carbocycles. The molecule has 0 unspecified atom stereocenters. The summed E-state index contributed by atoms with van der Waals surface area (Å²) in [6, 6.07) is 1.77. The predicted molar refractivity (Wildman–Crippen MR) is 98.3 cm³/mol. The van der Waals surface area contributed by atoms with Crippen molar-refractivity contribution in [2.45, 2.75) is 45.8 Å². The highest BCUT2D eigenvalue weighted by Gasteiger charge is 2.52. The van der Waals surface area contributed by atoms with E-state index in [0.29, 0.717) is 10.3 Å². The van der Waals surface area contributed by atoms with Gasteiger partial charge in [0.1, 0.15) is 5.69 Å². The fourth-order valence-corrected chi connectivity index (χ4v) is 3.55. The average molecular weight is 417 g/mol. The van der Waals surface area contributed by atoms with Crippen LogP contribution in [0.1, 0.15) is 37.4 Å². The number of nitrogens with zero attached hydrogens (tertiary/aromatic N) is 1. The minimum absolute atomic E-state index is 0.431. The summed E-state index contributed by atoms with van der Waals surface area (Å²) >= 11 is 1.23. The number of benzene rings is 1. The normalized spacial score (nSPS) is 18.4. The van der Waals surface area contributed by atoms with Crippen molar-refractivity contribution >= 4 is 35.8 Å². The van der Waals surface area contributed by atoms with Crippen molar-refractivity contribution in [2.75, 3.05) is 0 Å². The van der Waals surface area contributed by atoms with Crippen LogP contribution in [0.3, 0.4) is 0 Å². The maximum absolute atomic E-state index is 13.8. The monoisotopic (exact) mass is 417 g/mol. The summed E-state index contributed by atoms with van der Waals surface area (Å²) in [6.45, 7) is 9.28. The summed E-state index contributed by atoms with van der Waals surface area (Å²) < 4.78 is 79.5. The Hall–Kier alpha value is -1.78. The number of aliphatic imine (C=N–C) groups is 1. The summed E-state index contributed by atoms with van der Waals surface area (Å²) in [5, 5.41) is 0. The van der Waals surface area contributed by atoms with Gasteiger partial charge >= 0.3 is 7.12 Å². The van der Waals surface area contributed by atoms with Crippen LogP contribution in [0.4, 0.5) is 27.6 Å². The molecule has 1 aromatic heterocycles. The van der Waals surface area contributed by atoms with Crippen molar-refractivity contribution in [2.24, 2.45) is 4.99 Å². The molecule has 2 aromatic rings. The first-order chi connectivity index (χ1) is 12.9. The van der Waals surface area contributed by atoms with Crippen LogP contribution in [-0.2, 0) is 9.31 Å². The second-order valence-corrected chi connectivity index (χ2v) is 8.73. The number of halogens is 5. The van der Waals surface area contributed by atoms with E-state index in [-0.39, 0.29) is 0 Å². The van der Waals surface area contributed by atoms with Gasteiger partial charge in [0.25, 0.3) is 0 Å². The Bertz CT molecular complexity index is 928. The van der Waals surface area contributed by atoms with Crippen molar-refractivity contribution in [3.63, 3.8) is 0 Å². The Morgan fingerprint density at radius 3 is 1.86 bits per heavy atom. The molecule has 10 heteroatoms. The summed E-state index contributed by atoms with van der Waals surface area (Å²) in [6.07, 6.45) is 1.05. The molecule has 1 saturated heterocycles. The number of aryl methyl sites for hydroxylation is 1. The highest BCUT2D eigenvalue weighted by atomic mass is 32.1. The SMILES string of the molecule is Cc1cc(B2OC(C)(C)C(C)(C)O2)c(C=Nc2c(F)c(F)c(F)c(F)c2F)s1. The smallest absolute Gasteiger partial charge is 0.399 e. The van der Waals surface area contributed by atoms with E-state index in [9.17, 15) is 22.0 Å². The molecule has 0 bridgehead atoms. The van der Waals surface area contributed by atoms with E-state index >= 15 is 0 Å². The van der Waals surface area contributed by atoms with Gasteiger partial charge in [-0.05, 0) is 40.7 Å². The lowest BCUT2D eigenvalue weighted by Crippen LogP contribution is -2.41. The number of rotatable bonds is 3. The fourth-order valence-electron chi connectivity index (χ4n) is 2.64. The molecule has 2 heterocycles. The van der Waals surface area contributed by atoms with Crippen LogP contribution in [0.15, 0.2) is 11.1 Å². The maximum atomic E-state index is 13.8. The number of hydrogen-bond acceptors (Lipinski definition) is 4. The zero-order valence-electron chi connectivity index (χ0n) is 15.8. The van der Waals surface area contributed by atoms with Crippen molar-refractivity contribution in [3.05, 3.63) is 44.9 Å². The number of hydrogen-bond donors (Lipinski definition) is 0. The Morgan fingerprint density at radius 1 is 0.893 bits per heavy atom. The molecular weight excluding hydrogens is 400 g/mol. The zero-order chi connectivity index (χ0) is 21.0. The molecule has 3 nitrogen and oxygen atoms in total. The second-order valence-electron chi connectivity index (χ2n) is 7.44. The van der Waals surface area contributed by atoms with Crippen LogP contribution in [0, 0.1) is 36.0 Å². The Kier molecular flexibility index (Phi) is 5.18. The van der Waals surface area contributed by atoms with Gasteiger partial charge in [-0.2, -0.15) is 0 Å². The van der Waals surface area contributed by atoms with Gasteiger partial charge in [0.2, 0.25) is 5.82 Å². The van der Waals surface area contributed by atoms with Crippen molar-refractivity contribution in [1.29, 1.82) is 0 Å². The van der Waals surface area contributed by atoms with Gasteiger partial charge in [0.15, 0.2) is 23.3 Å². The van der Waals surface area contributed by atoms with E-state index in [1.54, 1.807) is 13.0 Å². The average Bonchev–Trinajstić information content (AvgIpc) is 3.07. The lowest BCUT2D eigenvalue weighted by Gasteiger charge is -2.32. The summed E-state index contributed by atoms with van der Waals surface area (Å²) in [4.78, 5) is 4.80. The van der Waals surface area contributed by atoms with E-state index in [1.165, 1.54) is 11.3 Å². The zero-order valence-corrected chi connectivity index (χ0v) is 16.6. The molecule has 28 heavy (non-hydrogen) atoms. The summed E-state index contributed by atoms with van der Waals surface area (Å²) in [5.74, 6) is -10.3. The number of thiophene rings is 1. The third-order valence-corrected chi connectivity index (χ3v) is 5.92. The van der Waals surface area contributed by atoms with Gasteiger partial charge in [0, 0.05) is 21.4 Å². The van der Waals surface area contributed by atoms with Gasteiger partial charge in [-0.1, -0.05) is 0 Å². The molecule has 0 atom stereocenters. The van der Waals surface area contributed by atoms with Crippen LogP contribution in [-0.4, -0.2) is 24.5 Å². The largest absolute Gasteiger partial charge is 0.496 e. The third kappa shape index (κ3) is 3.37. The molecular formula is C18H17BF5NO2S. The molecule has 3 rings (SSSR count). The van der Waals surface area contributed by atoms with Crippen LogP contribution >= 0.6 is 11.3 Å².